The highest BCUT2D eigenvalue weighted by molar-refractivity contribution is 5.74. The Labute approximate surface area is 89.2 Å². The fourth-order valence-corrected chi connectivity index (χ4v) is 1.90. The van der Waals surface area contributed by atoms with E-state index in [-0.39, 0.29) is 17.9 Å². The second kappa shape index (κ2) is 5.00. The van der Waals surface area contributed by atoms with Gasteiger partial charge in [-0.15, -0.1) is 0 Å². The van der Waals surface area contributed by atoms with Crippen molar-refractivity contribution in [3.8, 4) is 0 Å². The molecule has 0 aliphatic heterocycles. The number of nitrogens with one attached hydrogen (secondary N) is 2. The molecular weight excluding hydrogens is 196 g/mol. The first-order chi connectivity index (χ1) is 7.08. The monoisotopic (exact) mass is 214 g/mol. The maximum atomic E-state index is 11.1. The Kier molecular flexibility index (Phi) is 3.94. The average Bonchev–Trinajstić information content (AvgIpc) is 2.09. The van der Waals surface area contributed by atoms with Crippen LogP contribution in [-0.4, -0.2) is 30.2 Å². The molecule has 15 heavy (non-hydrogen) atoms. The van der Waals surface area contributed by atoms with E-state index in [1.807, 2.05) is 6.92 Å². The van der Waals surface area contributed by atoms with Crippen molar-refractivity contribution in [2.75, 3.05) is 13.1 Å². The molecule has 5 nitrogen and oxygen atoms in total. The molecular formula is C10H18N2O3. The van der Waals surface area contributed by atoms with Crippen molar-refractivity contribution in [1.82, 2.24) is 10.6 Å². The van der Waals surface area contributed by atoms with Crippen LogP contribution in [-0.2, 0) is 4.79 Å². The molecule has 0 aromatic rings. The number of urea groups is 1. The van der Waals surface area contributed by atoms with Crippen LogP contribution in [0.5, 0.6) is 0 Å². The van der Waals surface area contributed by atoms with Crippen molar-refractivity contribution in [1.29, 1.82) is 0 Å². The Morgan fingerprint density at radius 2 is 2.00 bits per heavy atom. The summed E-state index contributed by atoms with van der Waals surface area (Å²) in [6, 6.07) is -0.214. The van der Waals surface area contributed by atoms with Crippen molar-refractivity contribution >= 4 is 12.0 Å². The van der Waals surface area contributed by atoms with Gasteiger partial charge in [-0.25, -0.2) is 4.79 Å². The van der Waals surface area contributed by atoms with Crippen LogP contribution in [0.25, 0.3) is 0 Å². The molecule has 5 heteroatoms. The molecule has 0 atom stereocenters. The lowest BCUT2D eigenvalue weighted by molar-refractivity contribution is -0.141. The van der Waals surface area contributed by atoms with E-state index < -0.39 is 5.97 Å². The first kappa shape index (κ1) is 11.8. The highest BCUT2D eigenvalue weighted by Crippen LogP contribution is 2.43. The van der Waals surface area contributed by atoms with Gasteiger partial charge in [0, 0.05) is 13.1 Å². The van der Waals surface area contributed by atoms with E-state index in [9.17, 15) is 9.59 Å². The van der Waals surface area contributed by atoms with Crippen molar-refractivity contribution in [3.05, 3.63) is 0 Å². The normalized spacial score (nSPS) is 17.7. The van der Waals surface area contributed by atoms with Gasteiger partial charge in [0.25, 0.3) is 0 Å². The predicted octanol–water partition coefficient (Wildman–Crippen LogP) is 0.950. The Morgan fingerprint density at radius 3 is 2.40 bits per heavy atom. The van der Waals surface area contributed by atoms with Crippen LogP contribution < -0.4 is 10.6 Å². The minimum absolute atomic E-state index is 0.152. The minimum atomic E-state index is -0.785. The molecule has 0 bridgehead atoms. The van der Waals surface area contributed by atoms with E-state index in [1.165, 1.54) is 0 Å². The molecule has 0 aromatic heterocycles. The molecule has 0 aromatic carbocycles. The Balaban J connectivity index is 2.33. The molecule has 0 heterocycles. The number of rotatable bonds is 5. The van der Waals surface area contributed by atoms with Crippen LogP contribution in [0.1, 0.15) is 32.6 Å². The summed E-state index contributed by atoms with van der Waals surface area (Å²) in [4.78, 5) is 21.8. The van der Waals surface area contributed by atoms with Crippen LogP contribution in [0.15, 0.2) is 0 Å². The van der Waals surface area contributed by atoms with Gasteiger partial charge in [-0.3, -0.25) is 4.79 Å². The molecule has 0 radical (unpaired) electrons. The van der Waals surface area contributed by atoms with Crippen LogP contribution in [0.2, 0.25) is 0 Å². The second-order valence-corrected chi connectivity index (χ2v) is 4.14. The van der Waals surface area contributed by atoms with Gasteiger partial charge in [0.1, 0.15) is 0 Å². The summed E-state index contributed by atoms with van der Waals surface area (Å²) in [5.74, 6) is -0.785. The van der Waals surface area contributed by atoms with E-state index in [4.69, 9.17) is 5.11 Å². The summed E-state index contributed by atoms with van der Waals surface area (Å²) in [5.41, 5.74) is -0.198. The van der Waals surface area contributed by atoms with Crippen LogP contribution in [0, 0.1) is 5.41 Å². The molecule has 1 aliphatic carbocycles. The Hall–Kier alpha value is -1.26. The molecule has 1 fully saturated rings. The van der Waals surface area contributed by atoms with Crippen molar-refractivity contribution in [3.63, 3.8) is 0 Å². The van der Waals surface area contributed by atoms with E-state index in [0.717, 1.165) is 19.3 Å². The number of carbonyl (C=O) groups is 2. The summed E-state index contributed by atoms with van der Waals surface area (Å²) in [7, 11) is 0. The number of carbonyl (C=O) groups excluding carboxylic acids is 1. The van der Waals surface area contributed by atoms with Gasteiger partial charge in [-0.2, -0.15) is 0 Å². The third-order valence-electron chi connectivity index (χ3n) is 2.90. The molecule has 3 N–H and O–H groups in total. The number of hydrogen-bond acceptors (Lipinski definition) is 2. The van der Waals surface area contributed by atoms with Crippen molar-refractivity contribution < 1.29 is 14.7 Å². The van der Waals surface area contributed by atoms with E-state index in [0.29, 0.717) is 13.1 Å². The minimum Gasteiger partial charge on any atom is -0.481 e. The highest BCUT2D eigenvalue weighted by Gasteiger charge is 2.39. The first-order valence-electron chi connectivity index (χ1n) is 5.31. The van der Waals surface area contributed by atoms with Gasteiger partial charge < -0.3 is 15.7 Å². The average molecular weight is 214 g/mol. The van der Waals surface area contributed by atoms with Gasteiger partial charge >= 0.3 is 12.0 Å². The molecule has 1 aliphatic rings. The largest absolute Gasteiger partial charge is 0.481 e. The summed E-state index contributed by atoms with van der Waals surface area (Å²) < 4.78 is 0. The van der Waals surface area contributed by atoms with E-state index in [2.05, 4.69) is 10.6 Å². The number of amides is 2. The second-order valence-electron chi connectivity index (χ2n) is 4.14. The lowest BCUT2D eigenvalue weighted by atomic mass is 9.66. The van der Waals surface area contributed by atoms with Gasteiger partial charge in [0.15, 0.2) is 0 Å². The zero-order valence-corrected chi connectivity index (χ0v) is 9.01. The lowest BCUT2D eigenvalue weighted by Crippen LogP contribution is -2.46. The molecule has 86 valence electrons. The van der Waals surface area contributed by atoms with Gasteiger partial charge in [-0.1, -0.05) is 6.42 Å². The van der Waals surface area contributed by atoms with Gasteiger partial charge in [0.2, 0.25) is 0 Å². The Bertz CT molecular complexity index is 249. The standard InChI is InChI=1S/C10H18N2O3/c1-2-11-9(15)12-7-10(4-3-5-10)6-8(13)14/h2-7H2,1H3,(H,13,14)(H2,11,12,15). The first-order valence-corrected chi connectivity index (χ1v) is 5.31. The molecule has 0 spiro atoms. The van der Waals surface area contributed by atoms with E-state index >= 15 is 0 Å². The SMILES string of the molecule is CCNC(=O)NCC1(CC(=O)O)CCC1. The molecule has 2 amide bonds. The number of carboxylic acids is 1. The summed E-state index contributed by atoms with van der Waals surface area (Å²) in [6.07, 6.45) is 3.00. The summed E-state index contributed by atoms with van der Waals surface area (Å²) in [6.45, 7) is 2.89. The molecule has 0 unspecified atom stereocenters. The van der Waals surface area contributed by atoms with Crippen molar-refractivity contribution in [2.24, 2.45) is 5.41 Å². The Morgan fingerprint density at radius 1 is 1.33 bits per heavy atom. The smallest absolute Gasteiger partial charge is 0.314 e. The number of carboxylic acid groups (broad SMARTS) is 1. The topological polar surface area (TPSA) is 78.4 Å². The third-order valence-corrected chi connectivity index (χ3v) is 2.90. The van der Waals surface area contributed by atoms with Crippen molar-refractivity contribution in [2.45, 2.75) is 32.6 Å². The quantitative estimate of drug-likeness (QED) is 0.637. The fourth-order valence-electron chi connectivity index (χ4n) is 1.90. The zero-order valence-electron chi connectivity index (χ0n) is 9.01. The lowest BCUT2D eigenvalue weighted by Gasteiger charge is -2.40. The van der Waals surface area contributed by atoms with Crippen LogP contribution in [0.4, 0.5) is 4.79 Å². The fraction of sp³-hybridized carbons (Fsp3) is 0.800. The molecule has 0 saturated heterocycles. The summed E-state index contributed by atoms with van der Waals surface area (Å²) in [5, 5.41) is 14.1. The molecule has 1 rings (SSSR count). The molecule has 1 saturated carbocycles. The third kappa shape index (κ3) is 3.42. The van der Waals surface area contributed by atoms with Gasteiger partial charge in [0.05, 0.1) is 6.42 Å². The van der Waals surface area contributed by atoms with Gasteiger partial charge in [-0.05, 0) is 25.2 Å². The number of hydrogen-bond donors (Lipinski definition) is 3. The van der Waals surface area contributed by atoms with Crippen LogP contribution >= 0.6 is 0 Å². The maximum absolute atomic E-state index is 11.1. The number of aliphatic carboxylic acids is 1. The predicted molar refractivity (Wildman–Crippen MR) is 55.6 cm³/mol. The summed E-state index contributed by atoms with van der Waals surface area (Å²) >= 11 is 0. The van der Waals surface area contributed by atoms with E-state index in [1.54, 1.807) is 0 Å². The maximum Gasteiger partial charge on any atom is 0.314 e. The zero-order chi connectivity index (χ0) is 11.3. The van der Waals surface area contributed by atoms with Crippen LogP contribution in [0.3, 0.4) is 0 Å². The highest BCUT2D eigenvalue weighted by atomic mass is 16.4.